The molecule has 2 amide bonds. The van der Waals surface area contributed by atoms with Gasteiger partial charge in [-0.15, -0.1) is 12.4 Å². The second kappa shape index (κ2) is 8.58. The first-order chi connectivity index (χ1) is 14.9. The van der Waals surface area contributed by atoms with E-state index >= 15 is 0 Å². The molecule has 0 spiro atoms. The molecule has 178 valence electrons. The monoisotopic (exact) mass is 507 g/mol. The van der Waals surface area contributed by atoms with Crippen LogP contribution >= 0.6 is 12.4 Å². The van der Waals surface area contributed by atoms with Crippen LogP contribution in [0.5, 0.6) is 0 Å². The average molecular weight is 508 g/mol. The summed E-state index contributed by atoms with van der Waals surface area (Å²) < 4.78 is 79.7. The number of benzene rings is 2. The number of carbonyl (C=O) groups excluding carboxylic acids is 2. The van der Waals surface area contributed by atoms with E-state index in [-0.39, 0.29) is 24.6 Å². The Hall–Kier alpha value is -2.70. The first-order valence-electron chi connectivity index (χ1n) is 9.45. The maximum Gasteiger partial charge on any atom is 0.270 e. The molecule has 2 aromatic carbocycles. The topological polar surface area (TPSA) is 110 Å². The summed E-state index contributed by atoms with van der Waals surface area (Å²) in [7, 11) is -4.23. The molecule has 0 aromatic heterocycles. The molecule has 1 heterocycles. The molecule has 1 aliphatic carbocycles. The van der Waals surface area contributed by atoms with Crippen LogP contribution in [0.1, 0.15) is 22.3 Å². The van der Waals surface area contributed by atoms with Crippen molar-refractivity contribution >= 4 is 39.7 Å². The second-order valence-corrected chi connectivity index (χ2v) is 9.73. The summed E-state index contributed by atoms with van der Waals surface area (Å²) in [6.07, 6.45) is -0.594. The van der Waals surface area contributed by atoms with Gasteiger partial charge in [0.05, 0.1) is 40.5 Å². The summed E-state index contributed by atoms with van der Waals surface area (Å²) >= 11 is 0. The lowest BCUT2D eigenvalue weighted by Crippen LogP contribution is -2.45. The quantitative estimate of drug-likeness (QED) is 0.616. The van der Waals surface area contributed by atoms with Crippen LogP contribution < -0.4 is 16.0 Å². The lowest BCUT2D eigenvalue weighted by molar-refractivity contribution is -0.119. The molecule has 1 aliphatic heterocycles. The highest BCUT2D eigenvalue weighted by Gasteiger charge is 2.58. The Labute approximate surface area is 192 Å². The van der Waals surface area contributed by atoms with Gasteiger partial charge in [0.2, 0.25) is 5.91 Å². The van der Waals surface area contributed by atoms with Crippen LogP contribution in [-0.4, -0.2) is 44.0 Å². The SMILES string of the molecule is Cl.N[C@H]1CS(=O)(=O)c2cc(F)c(C(=O)NC3CC3(F)F)cc2N(Cc2ccc(F)cc2)C1=O. The molecule has 1 saturated carbocycles. The van der Waals surface area contributed by atoms with E-state index in [9.17, 15) is 35.6 Å². The first kappa shape index (κ1) is 24.9. The largest absolute Gasteiger partial charge is 0.343 e. The molecule has 3 N–H and O–H groups in total. The normalized spacial score (nSPS) is 22.6. The van der Waals surface area contributed by atoms with Crippen molar-refractivity contribution in [1.29, 1.82) is 0 Å². The summed E-state index contributed by atoms with van der Waals surface area (Å²) in [5.74, 6) is -7.67. The number of hydrogen-bond acceptors (Lipinski definition) is 5. The van der Waals surface area contributed by atoms with Crippen LogP contribution in [0.3, 0.4) is 0 Å². The number of nitrogens with zero attached hydrogens (tertiary/aromatic N) is 1. The van der Waals surface area contributed by atoms with Gasteiger partial charge >= 0.3 is 0 Å². The third-order valence-corrected chi connectivity index (χ3v) is 7.08. The fourth-order valence-corrected chi connectivity index (χ4v) is 5.00. The summed E-state index contributed by atoms with van der Waals surface area (Å²) in [5, 5.41) is 1.99. The molecule has 0 radical (unpaired) electrons. The molecule has 0 bridgehead atoms. The Balaban J connectivity index is 0.00000306. The zero-order valence-electron chi connectivity index (χ0n) is 16.7. The van der Waals surface area contributed by atoms with Gasteiger partial charge in [-0.05, 0) is 29.8 Å². The highest BCUT2D eigenvalue weighted by Crippen LogP contribution is 2.42. The maximum atomic E-state index is 14.7. The standard InChI is InChI=1S/C20H17F4N3O4S.ClH/c21-11-3-1-10(2-4-11)8-27-15-5-12(18(28)26-17-7-20(17,23)24)13(22)6-16(15)32(30,31)9-14(25)19(27)29;/h1-6,14,17H,7-9,25H2,(H,26,28);1H/t14-,17?;/m0./s1. The number of nitrogens with two attached hydrogens (primary N) is 1. The van der Waals surface area contributed by atoms with Gasteiger partial charge in [0.1, 0.15) is 11.6 Å². The van der Waals surface area contributed by atoms with Crippen molar-refractivity contribution in [3.63, 3.8) is 0 Å². The Bertz CT molecular complexity index is 1220. The van der Waals surface area contributed by atoms with Crippen LogP contribution in [-0.2, 0) is 21.2 Å². The van der Waals surface area contributed by atoms with Crippen molar-refractivity contribution in [2.75, 3.05) is 10.7 Å². The maximum absolute atomic E-state index is 14.7. The van der Waals surface area contributed by atoms with Gasteiger partial charge in [0, 0.05) is 6.42 Å². The molecule has 1 fully saturated rings. The average Bonchev–Trinajstić information content (AvgIpc) is 3.32. The van der Waals surface area contributed by atoms with Gasteiger partial charge in [0.25, 0.3) is 11.8 Å². The van der Waals surface area contributed by atoms with Crippen molar-refractivity contribution in [3.05, 3.63) is 59.2 Å². The highest BCUT2D eigenvalue weighted by molar-refractivity contribution is 7.91. The van der Waals surface area contributed by atoms with Crippen LogP contribution in [0.2, 0.25) is 0 Å². The highest BCUT2D eigenvalue weighted by atomic mass is 35.5. The number of alkyl halides is 2. The Morgan fingerprint density at radius 1 is 1.18 bits per heavy atom. The molecule has 4 rings (SSSR count). The number of anilines is 1. The molecular weight excluding hydrogens is 490 g/mol. The Kier molecular flexibility index (Phi) is 6.48. The minimum atomic E-state index is -4.23. The third-order valence-electron chi connectivity index (χ3n) is 5.29. The number of hydrogen-bond donors (Lipinski definition) is 2. The van der Waals surface area contributed by atoms with Crippen LogP contribution in [0.25, 0.3) is 0 Å². The van der Waals surface area contributed by atoms with Crippen LogP contribution in [0.15, 0.2) is 41.3 Å². The number of amides is 2. The van der Waals surface area contributed by atoms with Gasteiger partial charge in [0.15, 0.2) is 9.84 Å². The molecule has 13 heteroatoms. The smallest absolute Gasteiger partial charge is 0.270 e. The summed E-state index contributed by atoms with van der Waals surface area (Å²) in [5.41, 5.74) is 5.14. The number of sulfone groups is 1. The fourth-order valence-electron chi connectivity index (χ4n) is 3.44. The van der Waals surface area contributed by atoms with Gasteiger partial charge in [-0.2, -0.15) is 0 Å². The van der Waals surface area contributed by atoms with Crippen molar-refractivity contribution in [2.24, 2.45) is 5.73 Å². The van der Waals surface area contributed by atoms with E-state index < -0.39 is 73.9 Å². The van der Waals surface area contributed by atoms with Crippen molar-refractivity contribution in [2.45, 2.75) is 35.9 Å². The van der Waals surface area contributed by atoms with Crippen LogP contribution in [0, 0.1) is 11.6 Å². The van der Waals surface area contributed by atoms with Crippen molar-refractivity contribution in [1.82, 2.24) is 5.32 Å². The zero-order valence-corrected chi connectivity index (χ0v) is 18.4. The van der Waals surface area contributed by atoms with E-state index in [1.54, 1.807) is 0 Å². The van der Waals surface area contributed by atoms with E-state index in [1.807, 2.05) is 5.32 Å². The summed E-state index contributed by atoms with van der Waals surface area (Å²) in [6, 6.07) is 3.47. The molecule has 2 aliphatic rings. The minimum absolute atomic E-state index is 0. The number of rotatable bonds is 4. The number of carbonyl (C=O) groups is 2. The second-order valence-electron chi connectivity index (χ2n) is 7.73. The van der Waals surface area contributed by atoms with E-state index in [1.165, 1.54) is 12.1 Å². The number of nitrogens with one attached hydrogen (secondary N) is 1. The molecule has 0 saturated heterocycles. The van der Waals surface area contributed by atoms with E-state index in [4.69, 9.17) is 5.73 Å². The van der Waals surface area contributed by atoms with Crippen LogP contribution in [0.4, 0.5) is 23.2 Å². The summed E-state index contributed by atoms with van der Waals surface area (Å²) in [4.78, 5) is 25.7. The predicted molar refractivity (Wildman–Crippen MR) is 112 cm³/mol. The molecule has 1 unspecified atom stereocenters. The van der Waals surface area contributed by atoms with E-state index in [0.717, 1.165) is 23.1 Å². The van der Waals surface area contributed by atoms with Crippen molar-refractivity contribution in [3.8, 4) is 0 Å². The fraction of sp³-hybridized carbons (Fsp3) is 0.300. The number of fused-ring (bicyclic) bond motifs is 1. The molecule has 33 heavy (non-hydrogen) atoms. The van der Waals surface area contributed by atoms with E-state index in [0.29, 0.717) is 11.6 Å². The Morgan fingerprint density at radius 2 is 1.79 bits per heavy atom. The van der Waals surface area contributed by atoms with Gasteiger partial charge in [-0.3, -0.25) is 9.59 Å². The van der Waals surface area contributed by atoms with Gasteiger partial charge < -0.3 is 16.0 Å². The van der Waals surface area contributed by atoms with Crippen molar-refractivity contribution < 1.29 is 35.6 Å². The summed E-state index contributed by atoms with van der Waals surface area (Å²) in [6.45, 7) is -0.247. The van der Waals surface area contributed by atoms with Gasteiger partial charge in [-0.25, -0.2) is 26.0 Å². The molecular formula is C20H18ClF4N3O4S. The number of halogens is 5. The molecule has 2 aromatic rings. The lowest BCUT2D eigenvalue weighted by atomic mass is 10.1. The Morgan fingerprint density at radius 3 is 2.36 bits per heavy atom. The molecule has 7 nitrogen and oxygen atoms in total. The zero-order chi connectivity index (χ0) is 23.4. The first-order valence-corrected chi connectivity index (χ1v) is 11.1. The van der Waals surface area contributed by atoms with Gasteiger partial charge in [-0.1, -0.05) is 12.1 Å². The third kappa shape index (κ3) is 4.82. The molecule has 2 atom stereocenters. The lowest BCUT2D eigenvalue weighted by Gasteiger charge is -2.25. The predicted octanol–water partition coefficient (Wildman–Crippen LogP) is 2.17. The van der Waals surface area contributed by atoms with E-state index in [2.05, 4.69) is 0 Å². The minimum Gasteiger partial charge on any atom is -0.343 e.